The molecule has 1 unspecified atom stereocenters. The predicted octanol–water partition coefficient (Wildman–Crippen LogP) is 4.55. The van der Waals surface area contributed by atoms with Crippen molar-refractivity contribution in [1.29, 1.82) is 0 Å². The van der Waals surface area contributed by atoms with Crippen LogP contribution in [0.3, 0.4) is 0 Å². The lowest BCUT2D eigenvalue weighted by molar-refractivity contribution is 0.868. The molecule has 0 radical (unpaired) electrons. The van der Waals surface area contributed by atoms with Crippen molar-refractivity contribution < 1.29 is 0 Å². The van der Waals surface area contributed by atoms with Crippen LogP contribution >= 0.6 is 22.9 Å². The van der Waals surface area contributed by atoms with Crippen LogP contribution in [0.15, 0.2) is 18.2 Å². The third-order valence-corrected chi connectivity index (χ3v) is 4.58. The molecule has 3 rings (SSSR count). The van der Waals surface area contributed by atoms with Crippen molar-refractivity contribution in [1.82, 2.24) is 9.97 Å². The normalized spacial score (nSPS) is 16.4. The van der Waals surface area contributed by atoms with Crippen molar-refractivity contribution >= 4 is 28.8 Å². The van der Waals surface area contributed by atoms with Crippen molar-refractivity contribution in [3.8, 4) is 0 Å². The SMILES string of the molecule is Cc1ccc(C(C)Nc2cc(Cl)nc(C3CC3)n2)s1. The van der Waals surface area contributed by atoms with E-state index in [4.69, 9.17) is 11.6 Å². The zero-order valence-electron chi connectivity index (χ0n) is 11.0. The Kier molecular flexibility index (Phi) is 3.46. The largest absolute Gasteiger partial charge is 0.363 e. The van der Waals surface area contributed by atoms with Crippen molar-refractivity contribution in [3.05, 3.63) is 38.9 Å². The molecule has 0 aliphatic heterocycles. The average Bonchev–Trinajstić information content (AvgIpc) is 3.11. The summed E-state index contributed by atoms with van der Waals surface area (Å²) >= 11 is 7.87. The van der Waals surface area contributed by atoms with E-state index in [-0.39, 0.29) is 6.04 Å². The fourth-order valence-electron chi connectivity index (χ4n) is 2.01. The molecule has 0 spiro atoms. The van der Waals surface area contributed by atoms with E-state index in [0.717, 1.165) is 11.6 Å². The van der Waals surface area contributed by atoms with E-state index >= 15 is 0 Å². The van der Waals surface area contributed by atoms with Crippen LogP contribution in [0.4, 0.5) is 5.82 Å². The Balaban J connectivity index is 1.78. The lowest BCUT2D eigenvalue weighted by atomic mass is 10.2. The van der Waals surface area contributed by atoms with E-state index in [2.05, 4.69) is 41.3 Å². The van der Waals surface area contributed by atoms with Gasteiger partial charge in [0.25, 0.3) is 0 Å². The van der Waals surface area contributed by atoms with Crippen LogP contribution in [0.2, 0.25) is 5.15 Å². The minimum atomic E-state index is 0.233. The van der Waals surface area contributed by atoms with Crippen LogP contribution in [-0.2, 0) is 0 Å². The molecular weight excluding hydrogens is 278 g/mol. The number of rotatable bonds is 4. The van der Waals surface area contributed by atoms with Crippen LogP contribution < -0.4 is 5.32 Å². The topological polar surface area (TPSA) is 37.8 Å². The quantitative estimate of drug-likeness (QED) is 0.840. The number of hydrogen-bond donors (Lipinski definition) is 1. The Morgan fingerprint density at radius 2 is 2.16 bits per heavy atom. The molecule has 2 aromatic rings. The maximum Gasteiger partial charge on any atom is 0.135 e. The first-order valence-corrected chi connectivity index (χ1v) is 7.68. The van der Waals surface area contributed by atoms with Crippen LogP contribution in [-0.4, -0.2) is 9.97 Å². The van der Waals surface area contributed by atoms with Crippen LogP contribution in [0, 0.1) is 6.92 Å². The van der Waals surface area contributed by atoms with E-state index in [0.29, 0.717) is 11.1 Å². The molecule has 3 nitrogen and oxygen atoms in total. The average molecular weight is 294 g/mol. The van der Waals surface area contributed by atoms with Gasteiger partial charge in [-0.3, -0.25) is 0 Å². The predicted molar refractivity (Wildman–Crippen MR) is 80.1 cm³/mol. The first-order chi connectivity index (χ1) is 9.11. The van der Waals surface area contributed by atoms with Gasteiger partial charge in [-0.05, 0) is 38.8 Å². The molecule has 1 fully saturated rings. The fourth-order valence-corrected chi connectivity index (χ4v) is 3.08. The van der Waals surface area contributed by atoms with Gasteiger partial charge in [-0.1, -0.05) is 11.6 Å². The van der Waals surface area contributed by atoms with Gasteiger partial charge in [0.15, 0.2) is 0 Å². The highest BCUT2D eigenvalue weighted by Gasteiger charge is 2.27. The number of aryl methyl sites for hydroxylation is 1. The van der Waals surface area contributed by atoms with Gasteiger partial charge >= 0.3 is 0 Å². The molecule has 1 aliphatic rings. The lowest BCUT2D eigenvalue weighted by Crippen LogP contribution is -2.08. The van der Waals surface area contributed by atoms with E-state index in [1.807, 2.05) is 0 Å². The standard InChI is InChI=1S/C14H16ClN3S/c1-8-3-6-11(19-8)9(2)16-13-7-12(15)17-14(18-13)10-4-5-10/h3,6-7,9-10H,4-5H2,1-2H3,(H,16,17,18). The highest BCUT2D eigenvalue weighted by atomic mass is 35.5. The molecule has 0 amide bonds. The van der Waals surface area contributed by atoms with Crippen LogP contribution in [0.25, 0.3) is 0 Å². The van der Waals surface area contributed by atoms with Gasteiger partial charge in [0, 0.05) is 21.7 Å². The molecule has 0 bridgehead atoms. The summed E-state index contributed by atoms with van der Waals surface area (Å²) in [7, 11) is 0. The summed E-state index contributed by atoms with van der Waals surface area (Å²) in [5, 5.41) is 3.93. The van der Waals surface area contributed by atoms with Gasteiger partial charge in [-0.2, -0.15) is 0 Å². The third-order valence-electron chi connectivity index (χ3n) is 3.21. The summed E-state index contributed by atoms with van der Waals surface area (Å²) in [6, 6.07) is 6.32. The molecule has 1 aliphatic carbocycles. The monoisotopic (exact) mass is 293 g/mol. The molecule has 1 saturated carbocycles. The van der Waals surface area contributed by atoms with Crippen molar-refractivity contribution in [2.24, 2.45) is 0 Å². The zero-order chi connectivity index (χ0) is 13.4. The van der Waals surface area contributed by atoms with E-state index in [1.165, 1.54) is 22.6 Å². The number of nitrogens with zero attached hydrogens (tertiary/aromatic N) is 2. The van der Waals surface area contributed by atoms with E-state index in [1.54, 1.807) is 17.4 Å². The molecule has 0 aromatic carbocycles. The minimum Gasteiger partial charge on any atom is -0.363 e. The van der Waals surface area contributed by atoms with Gasteiger partial charge < -0.3 is 5.32 Å². The second kappa shape index (κ2) is 5.10. The summed E-state index contributed by atoms with van der Waals surface area (Å²) in [5.74, 6) is 2.21. The molecule has 2 heterocycles. The number of nitrogens with one attached hydrogen (secondary N) is 1. The van der Waals surface area contributed by atoms with E-state index in [9.17, 15) is 0 Å². The second-order valence-electron chi connectivity index (χ2n) is 5.02. The second-order valence-corrected chi connectivity index (χ2v) is 6.73. The van der Waals surface area contributed by atoms with Gasteiger partial charge in [-0.15, -0.1) is 11.3 Å². The van der Waals surface area contributed by atoms with Gasteiger partial charge in [0.2, 0.25) is 0 Å². The molecule has 5 heteroatoms. The summed E-state index contributed by atoms with van der Waals surface area (Å²) in [6.45, 7) is 4.26. The Labute approximate surface area is 122 Å². The zero-order valence-corrected chi connectivity index (χ0v) is 12.6. The first kappa shape index (κ1) is 12.9. The third kappa shape index (κ3) is 3.07. The van der Waals surface area contributed by atoms with Crippen molar-refractivity contribution in [2.75, 3.05) is 5.32 Å². The molecule has 1 atom stereocenters. The van der Waals surface area contributed by atoms with Crippen molar-refractivity contribution in [3.63, 3.8) is 0 Å². The first-order valence-electron chi connectivity index (χ1n) is 6.49. The summed E-state index contributed by atoms with van der Waals surface area (Å²) in [5.41, 5.74) is 0. The smallest absolute Gasteiger partial charge is 0.135 e. The molecule has 0 saturated heterocycles. The molecule has 19 heavy (non-hydrogen) atoms. The molecule has 2 aromatic heterocycles. The van der Waals surface area contributed by atoms with Crippen molar-refractivity contribution in [2.45, 2.75) is 38.6 Å². The Hall–Kier alpha value is -1.13. The maximum absolute atomic E-state index is 6.07. The Morgan fingerprint density at radius 1 is 1.37 bits per heavy atom. The Bertz CT molecular complexity index is 592. The highest BCUT2D eigenvalue weighted by molar-refractivity contribution is 7.12. The van der Waals surface area contributed by atoms with Gasteiger partial charge in [0.1, 0.15) is 16.8 Å². The number of anilines is 1. The van der Waals surface area contributed by atoms with E-state index < -0.39 is 0 Å². The Morgan fingerprint density at radius 3 is 2.79 bits per heavy atom. The lowest BCUT2D eigenvalue weighted by Gasteiger charge is -2.13. The summed E-state index contributed by atoms with van der Waals surface area (Å²) in [6.07, 6.45) is 2.36. The number of aromatic nitrogens is 2. The van der Waals surface area contributed by atoms with Crippen LogP contribution in [0.1, 0.15) is 47.3 Å². The number of halogens is 1. The minimum absolute atomic E-state index is 0.233. The molecular formula is C14H16ClN3S. The van der Waals surface area contributed by atoms with Gasteiger partial charge in [-0.25, -0.2) is 9.97 Å². The molecule has 1 N–H and O–H groups in total. The number of thiophene rings is 1. The molecule has 100 valence electrons. The fraction of sp³-hybridized carbons (Fsp3) is 0.429. The summed E-state index contributed by atoms with van der Waals surface area (Å²) < 4.78 is 0. The van der Waals surface area contributed by atoms with Crippen LogP contribution in [0.5, 0.6) is 0 Å². The maximum atomic E-state index is 6.07. The number of hydrogen-bond acceptors (Lipinski definition) is 4. The van der Waals surface area contributed by atoms with Gasteiger partial charge in [0.05, 0.1) is 6.04 Å². The summed E-state index contributed by atoms with van der Waals surface area (Å²) in [4.78, 5) is 11.5. The highest BCUT2D eigenvalue weighted by Crippen LogP contribution is 2.39.